The molecule has 0 aliphatic heterocycles. The van der Waals surface area contributed by atoms with Crippen LogP contribution in [0, 0.1) is 0 Å². The second-order valence-electron chi connectivity index (χ2n) is 4.43. The first-order valence-corrected chi connectivity index (χ1v) is 7.17. The predicted molar refractivity (Wildman–Crippen MR) is 69.6 cm³/mol. The average Bonchev–Trinajstić information content (AvgIpc) is 2.85. The summed E-state index contributed by atoms with van der Waals surface area (Å²) in [5.74, 6) is 1.23. The molecule has 1 N–H and O–H groups in total. The van der Waals surface area contributed by atoms with Crippen molar-refractivity contribution in [3.8, 4) is 0 Å². The van der Waals surface area contributed by atoms with Crippen LogP contribution in [0.1, 0.15) is 31.7 Å². The van der Waals surface area contributed by atoms with Gasteiger partial charge in [-0.15, -0.1) is 0 Å². The summed E-state index contributed by atoms with van der Waals surface area (Å²) >= 11 is 2.10. The van der Waals surface area contributed by atoms with Crippen molar-refractivity contribution in [3.05, 3.63) is 18.0 Å². The van der Waals surface area contributed by atoms with Crippen LogP contribution >= 0.6 is 11.8 Å². The van der Waals surface area contributed by atoms with Crippen molar-refractivity contribution in [1.82, 2.24) is 15.1 Å². The lowest BCUT2D eigenvalue weighted by Crippen LogP contribution is -2.33. The van der Waals surface area contributed by atoms with Crippen LogP contribution in [-0.2, 0) is 13.6 Å². The maximum atomic E-state index is 4.19. The summed E-state index contributed by atoms with van der Waals surface area (Å²) in [5.41, 5.74) is 1.29. The van der Waals surface area contributed by atoms with E-state index < -0.39 is 0 Å². The van der Waals surface area contributed by atoms with E-state index in [1.807, 2.05) is 17.9 Å². The zero-order valence-electron chi connectivity index (χ0n) is 10.1. The molecule has 0 bridgehead atoms. The number of rotatable bonds is 5. The first kappa shape index (κ1) is 12.0. The van der Waals surface area contributed by atoms with Gasteiger partial charge in [-0.05, 0) is 18.6 Å². The molecule has 16 heavy (non-hydrogen) atoms. The molecule has 2 rings (SSSR count). The van der Waals surface area contributed by atoms with Crippen molar-refractivity contribution in [2.45, 2.75) is 44.0 Å². The fourth-order valence-corrected chi connectivity index (χ4v) is 3.61. The Morgan fingerprint density at radius 3 is 3.12 bits per heavy atom. The van der Waals surface area contributed by atoms with Crippen molar-refractivity contribution in [3.63, 3.8) is 0 Å². The molecule has 1 fully saturated rings. The van der Waals surface area contributed by atoms with Gasteiger partial charge in [0.05, 0.1) is 6.20 Å². The van der Waals surface area contributed by atoms with E-state index in [1.165, 1.54) is 30.6 Å². The Morgan fingerprint density at radius 1 is 1.56 bits per heavy atom. The van der Waals surface area contributed by atoms with Crippen LogP contribution in [0.2, 0.25) is 0 Å². The molecule has 1 heterocycles. The van der Waals surface area contributed by atoms with Gasteiger partial charge < -0.3 is 5.32 Å². The lowest BCUT2D eigenvalue weighted by Gasteiger charge is -2.19. The fourth-order valence-electron chi connectivity index (χ4n) is 2.39. The van der Waals surface area contributed by atoms with Crippen LogP contribution in [0.5, 0.6) is 0 Å². The normalized spacial score (nSPS) is 25.1. The summed E-state index contributed by atoms with van der Waals surface area (Å²) in [7, 11) is 1.97. The first-order chi connectivity index (χ1) is 7.79. The third-order valence-electron chi connectivity index (χ3n) is 3.16. The summed E-state index contributed by atoms with van der Waals surface area (Å²) in [4.78, 5) is 0. The lowest BCUT2D eigenvalue weighted by molar-refractivity contribution is 0.532. The summed E-state index contributed by atoms with van der Waals surface area (Å²) in [6, 6.07) is 0.699. The summed E-state index contributed by atoms with van der Waals surface area (Å²) in [5, 5.41) is 8.68. The van der Waals surface area contributed by atoms with Gasteiger partial charge in [-0.1, -0.05) is 13.3 Å². The third kappa shape index (κ3) is 3.01. The van der Waals surface area contributed by atoms with E-state index >= 15 is 0 Å². The number of nitrogens with one attached hydrogen (secondary N) is 1. The molecule has 0 aromatic carbocycles. The van der Waals surface area contributed by atoms with Crippen LogP contribution in [0.4, 0.5) is 0 Å². The number of thioether (sulfide) groups is 1. The van der Waals surface area contributed by atoms with Gasteiger partial charge >= 0.3 is 0 Å². The largest absolute Gasteiger partial charge is 0.309 e. The maximum Gasteiger partial charge on any atom is 0.0534 e. The van der Waals surface area contributed by atoms with Gasteiger partial charge in [0.1, 0.15) is 0 Å². The molecule has 1 aromatic rings. The van der Waals surface area contributed by atoms with Crippen LogP contribution in [0.25, 0.3) is 0 Å². The van der Waals surface area contributed by atoms with Crippen LogP contribution in [-0.4, -0.2) is 26.8 Å². The highest BCUT2D eigenvalue weighted by Crippen LogP contribution is 2.29. The molecule has 4 heteroatoms. The Kier molecular flexibility index (Phi) is 4.29. The van der Waals surface area contributed by atoms with Crippen LogP contribution in [0.3, 0.4) is 0 Å². The van der Waals surface area contributed by atoms with Gasteiger partial charge in [-0.3, -0.25) is 4.68 Å². The van der Waals surface area contributed by atoms with Gasteiger partial charge in [0, 0.05) is 36.6 Å². The van der Waals surface area contributed by atoms with Crippen molar-refractivity contribution >= 4 is 11.8 Å². The Hall–Kier alpha value is -0.480. The highest BCUT2D eigenvalue weighted by molar-refractivity contribution is 7.99. The Bertz CT molecular complexity index is 324. The Morgan fingerprint density at radius 2 is 2.44 bits per heavy atom. The molecular weight excluding hydrogens is 218 g/mol. The molecular formula is C12H21N3S. The van der Waals surface area contributed by atoms with E-state index in [2.05, 4.69) is 35.3 Å². The summed E-state index contributed by atoms with van der Waals surface area (Å²) < 4.78 is 1.87. The minimum Gasteiger partial charge on any atom is -0.309 e. The minimum atomic E-state index is 0.699. The molecule has 0 amide bonds. The van der Waals surface area contributed by atoms with Crippen molar-refractivity contribution in [1.29, 1.82) is 0 Å². The number of hydrogen-bond acceptors (Lipinski definition) is 3. The molecule has 1 saturated carbocycles. The highest BCUT2D eigenvalue weighted by Gasteiger charge is 2.26. The quantitative estimate of drug-likeness (QED) is 0.854. The molecule has 0 spiro atoms. The highest BCUT2D eigenvalue weighted by atomic mass is 32.2. The van der Waals surface area contributed by atoms with Gasteiger partial charge in [0.25, 0.3) is 0 Å². The zero-order chi connectivity index (χ0) is 11.4. The Labute approximate surface area is 102 Å². The standard InChI is InChI=1S/C12H21N3S/c1-3-16-12-6-4-5-11(12)13-7-10-8-14-15(2)9-10/h8-9,11-13H,3-7H2,1-2H3. The van der Waals surface area contributed by atoms with Crippen molar-refractivity contribution in [2.75, 3.05) is 5.75 Å². The van der Waals surface area contributed by atoms with Gasteiger partial charge in [-0.25, -0.2) is 0 Å². The summed E-state index contributed by atoms with van der Waals surface area (Å²) in [6.07, 6.45) is 8.12. The van der Waals surface area contributed by atoms with Gasteiger partial charge in [0.15, 0.2) is 0 Å². The SMILES string of the molecule is CCSC1CCCC1NCc1cnn(C)c1. The molecule has 1 aliphatic rings. The van der Waals surface area contributed by atoms with E-state index in [4.69, 9.17) is 0 Å². The van der Waals surface area contributed by atoms with Crippen molar-refractivity contribution < 1.29 is 0 Å². The lowest BCUT2D eigenvalue weighted by atomic mass is 10.2. The zero-order valence-corrected chi connectivity index (χ0v) is 11.0. The predicted octanol–water partition coefficient (Wildman–Crippen LogP) is 2.18. The fraction of sp³-hybridized carbons (Fsp3) is 0.750. The molecule has 90 valence electrons. The average molecular weight is 239 g/mol. The van der Waals surface area contributed by atoms with Crippen molar-refractivity contribution in [2.24, 2.45) is 7.05 Å². The number of aromatic nitrogens is 2. The molecule has 0 saturated heterocycles. The third-order valence-corrected chi connectivity index (χ3v) is 4.49. The molecule has 2 unspecified atom stereocenters. The van der Waals surface area contributed by atoms with E-state index in [1.54, 1.807) is 0 Å². The monoisotopic (exact) mass is 239 g/mol. The topological polar surface area (TPSA) is 29.9 Å². The smallest absolute Gasteiger partial charge is 0.0534 e. The molecule has 1 aliphatic carbocycles. The van der Waals surface area contributed by atoms with E-state index in [0.717, 1.165) is 11.8 Å². The van der Waals surface area contributed by atoms with Gasteiger partial charge in [0.2, 0.25) is 0 Å². The van der Waals surface area contributed by atoms with Gasteiger partial charge in [-0.2, -0.15) is 16.9 Å². The second kappa shape index (κ2) is 5.73. The van der Waals surface area contributed by atoms with E-state index in [9.17, 15) is 0 Å². The Balaban J connectivity index is 1.80. The van der Waals surface area contributed by atoms with Crippen LogP contribution < -0.4 is 5.32 Å². The minimum absolute atomic E-state index is 0.699. The maximum absolute atomic E-state index is 4.19. The number of hydrogen-bond donors (Lipinski definition) is 1. The van der Waals surface area contributed by atoms with E-state index in [0.29, 0.717) is 6.04 Å². The number of nitrogens with zero attached hydrogens (tertiary/aromatic N) is 2. The second-order valence-corrected chi connectivity index (χ2v) is 5.95. The first-order valence-electron chi connectivity index (χ1n) is 6.12. The summed E-state index contributed by atoms with van der Waals surface area (Å²) in [6.45, 7) is 3.21. The van der Waals surface area contributed by atoms with Crippen LogP contribution in [0.15, 0.2) is 12.4 Å². The van der Waals surface area contributed by atoms with E-state index in [-0.39, 0.29) is 0 Å². The molecule has 2 atom stereocenters. The molecule has 3 nitrogen and oxygen atoms in total. The molecule has 1 aromatic heterocycles. The molecule has 0 radical (unpaired) electrons. The number of aryl methyl sites for hydroxylation is 1.